The molecule has 27 heavy (non-hydrogen) atoms. The summed E-state index contributed by atoms with van der Waals surface area (Å²) >= 11 is 0. The molecule has 2 N–H and O–H groups in total. The van der Waals surface area contributed by atoms with E-state index in [1.54, 1.807) is 0 Å². The Bertz CT molecular complexity index is 755. The van der Waals surface area contributed by atoms with Crippen LogP contribution in [0.5, 0.6) is 0 Å². The van der Waals surface area contributed by atoms with Crippen molar-refractivity contribution in [2.75, 3.05) is 31.5 Å². The minimum atomic E-state index is 0.172. The van der Waals surface area contributed by atoms with Gasteiger partial charge in [0.1, 0.15) is 0 Å². The number of para-hydroxylation sites is 1. The van der Waals surface area contributed by atoms with Crippen LogP contribution in [-0.2, 0) is 0 Å². The van der Waals surface area contributed by atoms with E-state index in [1.807, 2.05) is 54.6 Å². The number of rotatable bonds is 4. The first-order valence-corrected chi connectivity index (χ1v) is 10.2. The molecule has 1 unspecified atom stereocenters. The van der Waals surface area contributed by atoms with Gasteiger partial charge in [0.2, 0.25) is 0 Å². The lowest BCUT2D eigenvalue weighted by Crippen LogP contribution is -2.44. The molecule has 4 rings (SSSR count). The predicted molar refractivity (Wildman–Crippen MR) is 110 cm³/mol. The fraction of sp³-hybridized carbons (Fsp3) is 0.435. The van der Waals surface area contributed by atoms with Gasteiger partial charge in [-0.15, -0.1) is 0 Å². The first-order valence-electron chi connectivity index (χ1n) is 10.2. The molecule has 2 heterocycles. The normalized spacial score (nSPS) is 21.0. The highest BCUT2D eigenvalue weighted by molar-refractivity contribution is 5.95. The van der Waals surface area contributed by atoms with Crippen LogP contribution in [-0.4, -0.2) is 37.0 Å². The number of carbonyl (C=O) groups is 1. The Morgan fingerprint density at radius 2 is 1.70 bits per heavy atom. The maximum absolute atomic E-state index is 13.1. The average Bonchev–Trinajstić information content (AvgIpc) is 2.75. The van der Waals surface area contributed by atoms with Crippen LogP contribution in [0.2, 0.25) is 0 Å². The SMILES string of the molecule is O=C(c1cccc(Nc2ccccc2)c1)N1CCCC(C2CCNCC2)C1. The molecule has 0 spiro atoms. The van der Waals surface area contributed by atoms with Crippen LogP contribution >= 0.6 is 0 Å². The maximum atomic E-state index is 13.1. The van der Waals surface area contributed by atoms with E-state index in [1.165, 1.54) is 19.3 Å². The lowest BCUT2D eigenvalue weighted by atomic mass is 9.80. The van der Waals surface area contributed by atoms with E-state index in [4.69, 9.17) is 0 Å². The second-order valence-corrected chi connectivity index (χ2v) is 7.81. The molecule has 1 amide bonds. The van der Waals surface area contributed by atoms with E-state index in [2.05, 4.69) is 15.5 Å². The quantitative estimate of drug-likeness (QED) is 0.852. The van der Waals surface area contributed by atoms with Crippen LogP contribution in [0, 0.1) is 11.8 Å². The number of hydrogen-bond acceptors (Lipinski definition) is 3. The summed E-state index contributed by atoms with van der Waals surface area (Å²) in [5.41, 5.74) is 2.77. The molecule has 0 aromatic heterocycles. The third-order valence-electron chi connectivity index (χ3n) is 5.97. The Morgan fingerprint density at radius 1 is 0.926 bits per heavy atom. The van der Waals surface area contributed by atoms with Gasteiger partial charge in [0.15, 0.2) is 0 Å². The topological polar surface area (TPSA) is 44.4 Å². The van der Waals surface area contributed by atoms with Gasteiger partial charge in [-0.05, 0) is 80.9 Å². The number of nitrogens with one attached hydrogen (secondary N) is 2. The van der Waals surface area contributed by atoms with Gasteiger partial charge >= 0.3 is 0 Å². The predicted octanol–water partition coefficient (Wildman–Crippen LogP) is 4.28. The number of benzene rings is 2. The van der Waals surface area contributed by atoms with Gasteiger partial charge in [-0.1, -0.05) is 24.3 Å². The standard InChI is InChI=1S/C23H29N3O/c27-23(26-15-5-7-20(17-26)18-11-13-24-14-12-18)19-6-4-10-22(16-19)25-21-8-2-1-3-9-21/h1-4,6,8-10,16,18,20,24-25H,5,7,11-15,17H2. The molecule has 4 heteroatoms. The van der Waals surface area contributed by atoms with E-state index < -0.39 is 0 Å². The van der Waals surface area contributed by atoms with Crippen molar-refractivity contribution in [2.45, 2.75) is 25.7 Å². The molecular formula is C23H29N3O. The van der Waals surface area contributed by atoms with Gasteiger partial charge in [-0.3, -0.25) is 4.79 Å². The van der Waals surface area contributed by atoms with Gasteiger partial charge in [0.05, 0.1) is 0 Å². The van der Waals surface area contributed by atoms with Gasteiger partial charge in [0, 0.05) is 30.0 Å². The molecule has 2 aromatic rings. The molecular weight excluding hydrogens is 334 g/mol. The van der Waals surface area contributed by atoms with Crippen LogP contribution in [0.1, 0.15) is 36.0 Å². The largest absolute Gasteiger partial charge is 0.356 e. The number of nitrogens with zero attached hydrogens (tertiary/aromatic N) is 1. The zero-order chi connectivity index (χ0) is 18.5. The minimum absolute atomic E-state index is 0.172. The van der Waals surface area contributed by atoms with Gasteiger partial charge in [0.25, 0.3) is 5.91 Å². The number of piperidine rings is 2. The third kappa shape index (κ3) is 4.51. The van der Waals surface area contributed by atoms with Crippen molar-refractivity contribution in [1.29, 1.82) is 0 Å². The summed E-state index contributed by atoms with van der Waals surface area (Å²) in [4.78, 5) is 15.2. The second-order valence-electron chi connectivity index (χ2n) is 7.81. The minimum Gasteiger partial charge on any atom is -0.356 e. The molecule has 4 nitrogen and oxygen atoms in total. The highest BCUT2D eigenvalue weighted by atomic mass is 16.2. The first kappa shape index (κ1) is 18.1. The second kappa shape index (κ2) is 8.57. The van der Waals surface area contributed by atoms with Crippen LogP contribution in [0.4, 0.5) is 11.4 Å². The van der Waals surface area contributed by atoms with Crippen molar-refractivity contribution in [2.24, 2.45) is 11.8 Å². The summed E-state index contributed by atoms with van der Waals surface area (Å²) in [6, 6.07) is 18.0. The van der Waals surface area contributed by atoms with E-state index >= 15 is 0 Å². The van der Waals surface area contributed by atoms with Crippen molar-refractivity contribution < 1.29 is 4.79 Å². The monoisotopic (exact) mass is 363 g/mol. The fourth-order valence-electron chi connectivity index (χ4n) is 4.50. The Kier molecular flexibility index (Phi) is 5.73. The van der Waals surface area contributed by atoms with E-state index in [0.717, 1.165) is 55.5 Å². The van der Waals surface area contributed by atoms with E-state index in [9.17, 15) is 4.79 Å². The lowest BCUT2D eigenvalue weighted by Gasteiger charge is -2.38. The summed E-state index contributed by atoms with van der Waals surface area (Å²) in [6.07, 6.45) is 4.90. The molecule has 1 atom stereocenters. The van der Waals surface area contributed by atoms with E-state index in [-0.39, 0.29) is 5.91 Å². The molecule has 2 saturated heterocycles. The van der Waals surface area contributed by atoms with Gasteiger partial charge < -0.3 is 15.5 Å². The van der Waals surface area contributed by atoms with Crippen molar-refractivity contribution in [3.63, 3.8) is 0 Å². The summed E-state index contributed by atoms with van der Waals surface area (Å²) < 4.78 is 0. The molecule has 2 aliphatic rings. The van der Waals surface area contributed by atoms with Crippen LogP contribution < -0.4 is 10.6 Å². The zero-order valence-electron chi connectivity index (χ0n) is 15.9. The van der Waals surface area contributed by atoms with Crippen molar-refractivity contribution >= 4 is 17.3 Å². The van der Waals surface area contributed by atoms with Crippen molar-refractivity contribution in [1.82, 2.24) is 10.2 Å². The van der Waals surface area contributed by atoms with Crippen LogP contribution in [0.25, 0.3) is 0 Å². The fourth-order valence-corrected chi connectivity index (χ4v) is 4.50. The van der Waals surface area contributed by atoms with Crippen LogP contribution in [0.3, 0.4) is 0 Å². The number of hydrogen-bond donors (Lipinski definition) is 2. The van der Waals surface area contributed by atoms with Crippen molar-refractivity contribution in [3.8, 4) is 0 Å². The molecule has 142 valence electrons. The molecule has 0 bridgehead atoms. The smallest absolute Gasteiger partial charge is 0.253 e. The van der Waals surface area contributed by atoms with E-state index in [0.29, 0.717) is 5.92 Å². The molecule has 0 saturated carbocycles. The Morgan fingerprint density at radius 3 is 2.52 bits per heavy atom. The third-order valence-corrected chi connectivity index (χ3v) is 5.97. The average molecular weight is 364 g/mol. The summed E-state index contributed by atoms with van der Waals surface area (Å²) in [5.74, 6) is 1.61. The summed E-state index contributed by atoms with van der Waals surface area (Å²) in [7, 11) is 0. The Labute approximate surface area is 162 Å². The molecule has 0 radical (unpaired) electrons. The Balaban J connectivity index is 1.43. The highest BCUT2D eigenvalue weighted by Crippen LogP contribution is 2.30. The summed E-state index contributed by atoms with van der Waals surface area (Å²) in [6.45, 7) is 4.06. The van der Waals surface area contributed by atoms with Gasteiger partial charge in [-0.25, -0.2) is 0 Å². The highest BCUT2D eigenvalue weighted by Gasteiger charge is 2.30. The molecule has 2 fully saturated rings. The molecule has 2 aliphatic heterocycles. The summed E-state index contributed by atoms with van der Waals surface area (Å²) in [5, 5.41) is 6.84. The number of anilines is 2. The first-order chi connectivity index (χ1) is 13.3. The number of likely N-dealkylation sites (tertiary alicyclic amines) is 1. The molecule has 2 aromatic carbocycles. The lowest BCUT2D eigenvalue weighted by molar-refractivity contribution is 0.0605. The molecule has 0 aliphatic carbocycles. The number of carbonyl (C=O) groups excluding carboxylic acids is 1. The van der Waals surface area contributed by atoms with Crippen LogP contribution in [0.15, 0.2) is 54.6 Å². The maximum Gasteiger partial charge on any atom is 0.253 e. The zero-order valence-corrected chi connectivity index (χ0v) is 15.9. The van der Waals surface area contributed by atoms with Crippen molar-refractivity contribution in [3.05, 3.63) is 60.2 Å². The van der Waals surface area contributed by atoms with Gasteiger partial charge in [-0.2, -0.15) is 0 Å². The Hall–Kier alpha value is -2.33. The number of amides is 1.